The fraction of sp³-hybridized carbons (Fsp3) is 0.294. The number of halogens is 2. The zero-order valence-electron chi connectivity index (χ0n) is 11.8. The Labute approximate surface area is 135 Å². The van der Waals surface area contributed by atoms with Gasteiger partial charge >= 0.3 is 0 Å². The highest BCUT2D eigenvalue weighted by molar-refractivity contribution is 6.35. The van der Waals surface area contributed by atoms with Gasteiger partial charge in [-0.1, -0.05) is 41.4 Å². The second-order valence-electron chi connectivity index (χ2n) is 5.41. The molecule has 1 fully saturated rings. The van der Waals surface area contributed by atoms with Crippen LogP contribution in [-0.2, 0) is 0 Å². The Morgan fingerprint density at radius 3 is 2.38 bits per heavy atom. The van der Waals surface area contributed by atoms with E-state index in [-0.39, 0.29) is 0 Å². The maximum atomic E-state index is 6.02. The van der Waals surface area contributed by atoms with Crippen LogP contribution >= 0.6 is 23.2 Å². The molecule has 1 saturated carbocycles. The van der Waals surface area contributed by atoms with E-state index in [0.29, 0.717) is 22.0 Å². The summed E-state index contributed by atoms with van der Waals surface area (Å²) in [6, 6.07) is 14.2. The minimum Gasteiger partial charge on any atom is -0.496 e. The van der Waals surface area contributed by atoms with Crippen LogP contribution in [0.5, 0.6) is 5.75 Å². The molecular formula is C17H17Cl2NO. The molecule has 110 valence electrons. The molecule has 21 heavy (non-hydrogen) atoms. The molecule has 0 atom stereocenters. The van der Waals surface area contributed by atoms with Crippen LogP contribution in [0.2, 0.25) is 10.0 Å². The van der Waals surface area contributed by atoms with Gasteiger partial charge in [-0.3, -0.25) is 0 Å². The van der Waals surface area contributed by atoms with Crippen molar-refractivity contribution in [2.75, 3.05) is 12.4 Å². The van der Waals surface area contributed by atoms with Gasteiger partial charge in [0.1, 0.15) is 5.75 Å². The number of hydrogen-bond acceptors (Lipinski definition) is 2. The molecule has 0 heterocycles. The maximum absolute atomic E-state index is 6.02. The SMILES string of the molecule is COc1ccccc1C1CC(Nc2cc(Cl)cc(Cl)c2)C1. The molecule has 1 aliphatic rings. The van der Waals surface area contributed by atoms with Gasteiger partial charge in [0, 0.05) is 21.8 Å². The number of benzene rings is 2. The van der Waals surface area contributed by atoms with Crippen molar-refractivity contribution in [2.45, 2.75) is 24.8 Å². The molecule has 3 rings (SSSR count). The lowest BCUT2D eigenvalue weighted by atomic mass is 9.75. The molecule has 2 aromatic carbocycles. The van der Waals surface area contributed by atoms with Crippen LogP contribution in [-0.4, -0.2) is 13.2 Å². The quantitative estimate of drug-likeness (QED) is 0.818. The van der Waals surface area contributed by atoms with E-state index in [2.05, 4.69) is 17.4 Å². The van der Waals surface area contributed by atoms with Crippen LogP contribution in [0.25, 0.3) is 0 Å². The van der Waals surface area contributed by atoms with E-state index in [1.807, 2.05) is 24.3 Å². The summed E-state index contributed by atoms with van der Waals surface area (Å²) in [6.07, 6.45) is 2.18. The van der Waals surface area contributed by atoms with Crippen molar-refractivity contribution in [3.63, 3.8) is 0 Å². The van der Waals surface area contributed by atoms with Crippen molar-refractivity contribution < 1.29 is 4.74 Å². The Hall–Kier alpha value is -1.38. The number of anilines is 1. The van der Waals surface area contributed by atoms with Gasteiger partial charge in [-0.15, -0.1) is 0 Å². The van der Waals surface area contributed by atoms with Crippen molar-refractivity contribution in [3.05, 3.63) is 58.1 Å². The minimum absolute atomic E-state index is 0.453. The number of hydrogen-bond donors (Lipinski definition) is 1. The summed E-state index contributed by atoms with van der Waals surface area (Å²) in [7, 11) is 1.72. The molecule has 2 nitrogen and oxygen atoms in total. The second kappa shape index (κ2) is 6.17. The summed E-state index contributed by atoms with van der Waals surface area (Å²) >= 11 is 12.0. The lowest BCUT2D eigenvalue weighted by Gasteiger charge is -2.37. The van der Waals surface area contributed by atoms with Crippen molar-refractivity contribution in [1.82, 2.24) is 0 Å². The summed E-state index contributed by atoms with van der Waals surface area (Å²) in [5.41, 5.74) is 2.28. The second-order valence-corrected chi connectivity index (χ2v) is 6.28. The van der Waals surface area contributed by atoms with E-state index >= 15 is 0 Å². The molecular weight excluding hydrogens is 305 g/mol. The number of methoxy groups -OCH3 is 1. The summed E-state index contributed by atoms with van der Waals surface area (Å²) in [4.78, 5) is 0. The standard InChI is InChI=1S/C17H17Cl2NO/c1-21-17-5-3-2-4-16(17)11-6-14(7-11)20-15-9-12(18)8-13(19)10-15/h2-5,8-11,14,20H,6-7H2,1H3. The number of nitrogens with one attached hydrogen (secondary N) is 1. The molecule has 0 unspecified atom stereocenters. The zero-order chi connectivity index (χ0) is 14.8. The minimum atomic E-state index is 0.453. The largest absolute Gasteiger partial charge is 0.496 e. The van der Waals surface area contributed by atoms with E-state index in [1.54, 1.807) is 13.2 Å². The maximum Gasteiger partial charge on any atom is 0.122 e. The van der Waals surface area contributed by atoms with E-state index in [1.165, 1.54) is 5.56 Å². The van der Waals surface area contributed by atoms with Gasteiger partial charge < -0.3 is 10.1 Å². The first-order chi connectivity index (χ1) is 10.2. The highest BCUT2D eigenvalue weighted by Crippen LogP contribution is 2.42. The van der Waals surface area contributed by atoms with Gasteiger partial charge in [-0.2, -0.15) is 0 Å². The number of ether oxygens (including phenoxy) is 1. The molecule has 1 N–H and O–H groups in total. The summed E-state index contributed by atoms with van der Waals surface area (Å²) in [5, 5.41) is 4.80. The molecule has 0 aromatic heterocycles. The van der Waals surface area contributed by atoms with E-state index in [9.17, 15) is 0 Å². The Kier molecular flexibility index (Phi) is 4.27. The van der Waals surface area contributed by atoms with E-state index in [4.69, 9.17) is 27.9 Å². The Morgan fingerprint density at radius 2 is 1.71 bits per heavy atom. The third-order valence-corrected chi connectivity index (χ3v) is 4.39. The van der Waals surface area contributed by atoms with Crippen LogP contribution in [0.15, 0.2) is 42.5 Å². The molecule has 0 radical (unpaired) electrons. The Morgan fingerprint density at radius 1 is 1.05 bits per heavy atom. The van der Waals surface area contributed by atoms with Crippen molar-refractivity contribution in [1.29, 1.82) is 0 Å². The van der Waals surface area contributed by atoms with Gasteiger partial charge in [-0.05, 0) is 48.6 Å². The van der Waals surface area contributed by atoms with Crippen LogP contribution in [0.3, 0.4) is 0 Å². The lowest BCUT2D eigenvalue weighted by molar-refractivity contribution is 0.350. The predicted molar refractivity (Wildman–Crippen MR) is 88.8 cm³/mol. The number of rotatable bonds is 4. The normalized spacial score (nSPS) is 20.7. The summed E-state index contributed by atoms with van der Waals surface area (Å²) in [5.74, 6) is 1.53. The first-order valence-electron chi connectivity index (χ1n) is 7.01. The van der Waals surface area contributed by atoms with Gasteiger partial charge in [0.25, 0.3) is 0 Å². The molecule has 4 heteroatoms. The fourth-order valence-electron chi connectivity index (χ4n) is 2.87. The molecule has 0 bridgehead atoms. The first kappa shape index (κ1) is 14.6. The lowest BCUT2D eigenvalue weighted by Crippen LogP contribution is -2.34. The molecule has 0 aliphatic heterocycles. The van der Waals surface area contributed by atoms with Crippen LogP contribution in [0.4, 0.5) is 5.69 Å². The zero-order valence-corrected chi connectivity index (χ0v) is 13.3. The summed E-state index contributed by atoms with van der Waals surface area (Å²) in [6.45, 7) is 0. The molecule has 0 amide bonds. The van der Waals surface area contributed by atoms with Gasteiger partial charge in [0.05, 0.1) is 7.11 Å². The van der Waals surface area contributed by atoms with Gasteiger partial charge in [0.2, 0.25) is 0 Å². The Balaban J connectivity index is 1.63. The number of para-hydroxylation sites is 1. The molecule has 0 spiro atoms. The first-order valence-corrected chi connectivity index (χ1v) is 7.77. The van der Waals surface area contributed by atoms with Crippen molar-refractivity contribution in [2.24, 2.45) is 0 Å². The van der Waals surface area contributed by atoms with E-state index in [0.717, 1.165) is 24.3 Å². The van der Waals surface area contributed by atoms with Crippen molar-refractivity contribution >= 4 is 28.9 Å². The highest BCUT2D eigenvalue weighted by Gasteiger charge is 2.31. The smallest absolute Gasteiger partial charge is 0.122 e. The Bertz CT molecular complexity index is 618. The monoisotopic (exact) mass is 321 g/mol. The predicted octanol–water partition coefficient (Wildman–Crippen LogP) is 5.36. The van der Waals surface area contributed by atoms with Crippen molar-refractivity contribution in [3.8, 4) is 5.75 Å². The van der Waals surface area contributed by atoms with Crippen LogP contribution < -0.4 is 10.1 Å². The summed E-state index contributed by atoms with van der Waals surface area (Å²) < 4.78 is 5.43. The third-order valence-electron chi connectivity index (χ3n) is 3.95. The van der Waals surface area contributed by atoms with Gasteiger partial charge in [-0.25, -0.2) is 0 Å². The molecule has 2 aromatic rings. The van der Waals surface area contributed by atoms with Crippen LogP contribution in [0, 0.1) is 0 Å². The molecule has 1 aliphatic carbocycles. The average Bonchev–Trinajstić information content (AvgIpc) is 2.41. The topological polar surface area (TPSA) is 21.3 Å². The highest BCUT2D eigenvalue weighted by atomic mass is 35.5. The van der Waals surface area contributed by atoms with E-state index < -0.39 is 0 Å². The third kappa shape index (κ3) is 3.28. The average molecular weight is 322 g/mol. The molecule has 0 saturated heterocycles. The fourth-order valence-corrected chi connectivity index (χ4v) is 3.39. The van der Waals surface area contributed by atoms with Crippen LogP contribution in [0.1, 0.15) is 24.3 Å². The van der Waals surface area contributed by atoms with Gasteiger partial charge in [0.15, 0.2) is 0 Å².